The average Bonchev–Trinajstić information content (AvgIpc) is 3.21. The number of anilines is 1. The van der Waals surface area contributed by atoms with E-state index < -0.39 is 0 Å². The van der Waals surface area contributed by atoms with Gasteiger partial charge in [0.1, 0.15) is 5.76 Å². The molecular weight excluding hydrogens is 466 g/mol. The molecule has 0 aliphatic carbocycles. The van der Waals surface area contributed by atoms with Crippen LogP contribution in [0.3, 0.4) is 0 Å². The number of rotatable bonds is 3. The molecule has 4 rings (SSSR count). The zero-order valence-electron chi connectivity index (χ0n) is 15.0. The van der Waals surface area contributed by atoms with Crippen LogP contribution in [0.2, 0.25) is 5.02 Å². The minimum absolute atomic E-state index is 0.205. The maximum atomic E-state index is 12.3. The summed E-state index contributed by atoms with van der Waals surface area (Å²) < 4.78 is 12.2. The second kappa shape index (κ2) is 8.32. The molecule has 9 heteroatoms. The summed E-state index contributed by atoms with van der Waals surface area (Å²) in [6.45, 7) is 4.83. The summed E-state index contributed by atoms with van der Waals surface area (Å²) in [7, 11) is 0. The minimum atomic E-state index is -0.205. The summed E-state index contributed by atoms with van der Waals surface area (Å²) in [6, 6.07) is 7.35. The number of hydrogen-bond acceptors (Lipinski definition) is 6. The molecule has 28 heavy (non-hydrogen) atoms. The molecule has 0 atom stereocenters. The molecule has 0 saturated carbocycles. The topological polar surface area (TPSA) is 67.1 Å². The third-order valence-corrected chi connectivity index (χ3v) is 6.02. The summed E-state index contributed by atoms with van der Waals surface area (Å²) in [5.41, 5.74) is 1.71. The molecule has 3 heterocycles. The highest BCUT2D eigenvalue weighted by Gasteiger charge is 2.25. The van der Waals surface area contributed by atoms with Gasteiger partial charge in [-0.25, -0.2) is 4.99 Å². The Morgan fingerprint density at radius 2 is 2.11 bits per heavy atom. The highest BCUT2D eigenvalue weighted by molar-refractivity contribution is 9.10. The second-order valence-corrected chi connectivity index (χ2v) is 8.64. The fraction of sp³-hybridized carbons (Fsp3) is 0.263. The van der Waals surface area contributed by atoms with E-state index in [1.807, 2.05) is 25.1 Å². The number of furan rings is 1. The van der Waals surface area contributed by atoms with Gasteiger partial charge >= 0.3 is 0 Å². The molecule has 0 unspecified atom stereocenters. The molecular formula is C19H17BrClN3O3S. The van der Waals surface area contributed by atoms with E-state index >= 15 is 0 Å². The van der Waals surface area contributed by atoms with Gasteiger partial charge in [0.15, 0.2) is 5.17 Å². The Bertz CT molecular complexity index is 983. The summed E-state index contributed by atoms with van der Waals surface area (Å²) >= 11 is 10.9. The van der Waals surface area contributed by atoms with Crippen LogP contribution in [0.4, 0.5) is 11.6 Å². The second-order valence-electron chi connectivity index (χ2n) is 6.31. The number of carbonyl (C=O) groups is 1. The Morgan fingerprint density at radius 1 is 1.32 bits per heavy atom. The van der Waals surface area contributed by atoms with Crippen LogP contribution in [0.25, 0.3) is 6.08 Å². The SMILES string of the molecule is Cc1ccc(Cl)cc1N=C1NC(=O)/C(=C/c2cc(Br)c(N3CCOCC3)o2)S1. The Balaban J connectivity index is 1.55. The van der Waals surface area contributed by atoms with Gasteiger partial charge in [-0.15, -0.1) is 0 Å². The number of nitrogens with one attached hydrogen (secondary N) is 1. The van der Waals surface area contributed by atoms with E-state index in [1.165, 1.54) is 11.8 Å². The lowest BCUT2D eigenvalue weighted by molar-refractivity contribution is -0.115. The number of benzene rings is 1. The predicted octanol–water partition coefficient (Wildman–Crippen LogP) is 4.73. The number of aryl methyl sites for hydroxylation is 1. The first-order valence-electron chi connectivity index (χ1n) is 8.67. The van der Waals surface area contributed by atoms with Crippen LogP contribution < -0.4 is 10.2 Å². The normalized spacial score (nSPS) is 20.2. The standard InChI is InChI=1S/C19H17BrClN3O3S/c1-11-2-3-12(21)8-15(11)22-19-23-17(25)16(28-19)10-13-9-14(20)18(27-13)24-4-6-26-7-5-24/h2-3,8-10H,4-7H2,1H3,(H,22,23,25)/b16-10-. The molecule has 2 aliphatic rings. The molecule has 146 valence electrons. The van der Waals surface area contributed by atoms with Gasteiger partial charge in [0.2, 0.25) is 5.88 Å². The smallest absolute Gasteiger partial charge is 0.264 e. The van der Waals surface area contributed by atoms with Gasteiger partial charge in [-0.2, -0.15) is 0 Å². The van der Waals surface area contributed by atoms with Gasteiger partial charge in [0, 0.05) is 30.3 Å². The number of ether oxygens (including phenoxy) is 1. The quantitative estimate of drug-likeness (QED) is 0.641. The molecule has 1 N–H and O–H groups in total. The predicted molar refractivity (Wildman–Crippen MR) is 116 cm³/mol. The van der Waals surface area contributed by atoms with Gasteiger partial charge in [0.25, 0.3) is 5.91 Å². The number of halogens is 2. The Hall–Kier alpha value is -1.74. The van der Waals surface area contributed by atoms with E-state index in [1.54, 1.807) is 12.1 Å². The van der Waals surface area contributed by atoms with E-state index in [0.717, 1.165) is 34.7 Å². The number of carbonyl (C=O) groups excluding carboxylic acids is 1. The first kappa shape index (κ1) is 19.6. The van der Waals surface area contributed by atoms with Crippen molar-refractivity contribution in [3.05, 3.63) is 50.0 Å². The van der Waals surface area contributed by atoms with E-state index in [-0.39, 0.29) is 5.91 Å². The molecule has 0 spiro atoms. The fourth-order valence-corrected chi connectivity index (χ4v) is 4.39. The largest absolute Gasteiger partial charge is 0.440 e. The molecule has 1 aromatic carbocycles. The highest BCUT2D eigenvalue weighted by Crippen LogP contribution is 2.35. The molecule has 6 nitrogen and oxygen atoms in total. The molecule has 1 aromatic heterocycles. The highest BCUT2D eigenvalue weighted by atomic mass is 79.9. The van der Waals surface area contributed by atoms with Crippen LogP contribution in [0.5, 0.6) is 0 Å². The average molecular weight is 483 g/mol. The Kier molecular flexibility index (Phi) is 5.82. The first-order chi connectivity index (χ1) is 13.5. The van der Waals surface area contributed by atoms with Crippen LogP contribution in [0.15, 0.2) is 43.1 Å². The number of thioether (sulfide) groups is 1. The lowest BCUT2D eigenvalue weighted by Gasteiger charge is -2.26. The van der Waals surface area contributed by atoms with Gasteiger partial charge < -0.3 is 19.4 Å². The number of amidine groups is 1. The third-order valence-electron chi connectivity index (χ3n) is 4.30. The molecule has 0 bridgehead atoms. The molecule has 0 radical (unpaired) electrons. The lowest BCUT2D eigenvalue weighted by atomic mass is 10.2. The number of aliphatic imine (C=N–C) groups is 1. The van der Waals surface area contributed by atoms with E-state index in [0.29, 0.717) is 34.1 Å². The monoisotopic (exact) mass is 481 g/mol. The van der Waals surface area contributed by atoms with Crippen molar-refractivity contribution in [1.29, 1.82) is 0 Å². The van der Waals surface area contributed by atoms with Crippen molar-refractivity contribution in [2.75, 3.05) is 31.2 Å². The third kappa shape index (κ3) is 4.30. The number of morpholine rings is 1. The van der Waals surface area contributed by atoms with E-state index in [2.05, 4.69) is 31.1 Å². The lowest BCUT2D eigenvalue weighted by Crippen LogP contribution is -2.36. The summed E-state index contributed by atoms with van der Waals surface area (Å²) in [5.74, 6) is 1.15. The van der Waals surface area contributed by atoms with Crippen LogP contribution in [0.1, 0.15) is 11.3 Å². The Morgan fingerprint density at radius 3 is 2.89 bits per heavy atom. The molecule has 2 fully saturated rings. The Labute approximate surface area is 180 Å². The molecule has 2 aromatic rings. The molecule has 1 amide bonds. The number of amides is 1. The zero-order valence-corrected chi connectivity index (χ0v) is 18.2. The number of nitrogens with zero attached hydrogens (tertiary/aromatic N) is 2. The van der Waals surface area contributed by atoms with Gasteiger partial charge in [0.05, 0.1) is 28.3 Å². The first-order valence-corrected chi connectivity index (χ1v) is 10.7. The van der Waals surface area contributed by atoms with Crippen molar-refractivity contribution >= 4 is 68.0 Å². The van der Waals surface area contributed by atoms with Crippen LogP contribution in [-0.4, -0.2) is 37.4 Å². The van der Waals surface area contributed by atoms with Gasteiger partial charge in [-0.3, -0.25) is 4.79 Å². The summed E-state index contributed by atoms with van der Waals surface area (Å²) in [5, 5.41) is 3.90. The van der Waals surface area contributed by atoms with Crippen LogP contribution in [-0.2, 0) is 9.53 Å². The fourth-order valence-electron chi connectivity index (χ4n) is 2.85. The maximum Gasteiger partial charge on any atom is 0.264 e. The summed E-state index contributed by atoms with van der Waals surface area (Å²) in [6.07, 6.45) is 1.72. The van der Waals surface area contributed by atoms with E-state index in [9.17, 15) is 4.79 Å². The molecule has 2 aliphatic heterocycles. The minimum Gasteiger partial charge on any atom is -0.440 e. The van der Waals surface area contributed by atoms with Gasteiger partial charge in [-0.05, 0) is 52.3 Å². The summed E-state index contributed by atoms with van der Waals surface area (Å²) in [4.78, 5) is 19.5. The van der Waals surface area contributed by atoms with Crippen molar-refractivity contribution in [2.45, 2.75) is 6.92 Å². The number of hydrogen-bond donors (Lipinski definition) is 1. The van der Waals surface area contributed by atoms with Crippen molar-refractivity contribution in [2.24, 2.45) is 4.99 Å². The van der Waals surface area contributed by atoms with E-state index in [4.69, 9.17) is 20.8 Å². The van der Waals surface area contributed by atoms with Crippen molar-refractivity contribution in [3.63, 3.8) is 0 Å². The van der Waals surface area contributed by atoms with Crippen LogP contribution in [0, 0.1) is 6.92 Å². The van der Waals surface area contributed by atoms with Crippen molar-refractivity contribution in [1.82, 2.24) is 5.32 Å². The van der Waals surface area contributed by atoms with Gasteiger partial charge in [-0.1, -0.05) is 17.7 Å². The zero-order chi connectivity index (χ0) is 19.7. The van der Waals surface area contributed by atoms with Crippen molar-refractivity contribution in [3.8, 4) is 0 Å². The maximum absolute atomic E-state index is 12.3. The van der Waals surface area contributed by atoms with Crippen molar-refractivity contribution < 1.29 is 13.9 Å². The molecule has 2 saturated heterocycles. The van der Waals surface area contributed by atoms with Crippen LogP contribution >= 0.6 is 39.3 Å².